The summed E-state index contributed by atoms with van der Waals surface area (Å²) in [5.41, 5.74) is 0. The minimum Gasteiger partial charge on any atom is -0.481 e. The van der Waals surface area contributed by atoms with Crippen LogP contribution in [0.2, 0.25) is 0 Å². The van der Waals surface area contributed by atoms with Crippen molar-refractivity contribution in [2.75, 3.05) is 12.3 Å². The van der Waals surface area contributed by atoms with Crippen LogP contribution >= 0.6 is 12.6 Å². The van der Waals surface area contributed by atoms with E-state index in [1.807, 2.05) is 6.92 Å². The standard InChI is InChI=1S/C23H45NO3S/c1-21(18-20-28)23(27)24-19-16-14-12-10-8-6-4-2-3-5-7-9-11-13-15-17-22(25)26/h21,28H,2-20H2,1H3,(H,24,27)(H,25,26). The van der Waals surface area contributed by atoms with Crippen molar-refractivity contribution < 1.29 is 14.7 Å². The highest BCUT2D eigenvalue weighted by molar-refractivity contribution is 7.80. The van der Waals surface area contributed by atoms with Crippen LogP contribution in [0.4, 0.5) is 0 Å². The Kier molecular flexibility index (Phi) is 20.5. The Morgan fingerprint density at radius 1 is 0.750 bits per heavy atom. The number of carbonyl (C=O) groups is 2. The van der Waals surface area contributed by atoms with Gasteiger partial charge in [0.1, 0.15) is 0 Å². The number of carboxylic acids is 1. The number of aliphatic carboxylic acids is 1. The van der Waals surface area contributed by atoms with Gasteiger partial charge in [0, 0.05) is 18.9 Å². The molecule has 4 nitrogen and oxygen atoms in total. The summed E-state index contributed by atoms with van der Waals surface area (Å²) < 4.78 is 0. The first-order chi connectivity index (χ1) is 13.6. The number of thiol groups is 1. The zero-order chi connectivity index (χ0) is 20.9. The van der Waals surface area contributed by atoms with Crippen molar-refractivity contribution in [1.29, 1.82) is 0 Å². The fourth-order valence-electron chi connectivity index (χ4n) is 3.41. The van der Waals surface area contributed by atoms with Gasteiger partial charge in [0.25, 0.3) is 0 Å². The fourth-order valence-corrected chi connectivity index (χ4v) is 3.80. The van der Waals surface area contributed by atoms with Gasteiger partial charge in [0.2, 0.25) is 5.91 Å². The van der Waals surface area contributed by atoms with E-state index in [1.54, 1.807) is 0 Å². The highest BCUT2D eigenvalue weighted by Gasteiger charge is 2.10. The summed E-state index contributed by atoms with van der Waals surface area (Å²) in [6.45, 7) is 2.78. The summed E-state index contributed by atoms with van der Waals surface area (Å²) in [4.78, 5) is 22.2. The molecule has 0 aliphatic heterocycles. The molecule has 0 aromatic carbocycles. The van der Waals surface area contributed by atoms with Crippen molar-refractivity contribution >= 4 is 24.5 Å². The SMILES string of the molecule is CC(CCS)C(=O)NCCCCCCCCCCCCCCCCCC(=O)O. The molecule has 0 aromatic heterocycles. The molecule has 0 radical (unpaired) electrons. The second-order valence-electron chi connectivity index (χ2n) is 8.15. The topological polar surface area (TPSA) is 66.4 Å². The molecule has 1 unspecified atom stereocenters. The third kappa shape index (κ3) is 20.0. The van der Waals surface area contributed by atoms with E-state index < -0.39 is 5.97 Å². The van der Waals surface area contributed by atoms with Crippen molar-refractivity contribution in [2.45, 2.75) is 116 Å². The number of nitrogens with one attached hydrogen (secondary N) is 1. The van der Waals surface area contributed by atoms with Crippen LogP contribution in [0.3, 0.4) is 0 Å². The van der Waals surface area contributed by atoms with Gasteiger partial charge >= 0.3 is 5.97 Å². The Bertz CT molecular complexity index is 377. The van der Waals surface area contributed by atoms with Crippen LogP contribution in [0.1, 0.15) is 116 Å². The Hall–Kier alpha value is -0.710. The van der Waals surface area contributed by atoms with Crippen molar-refractivity contribution in [3.63, 3.8) is 0 Å². The third-order valence-electron chi connectivity index (χ3n) is 5.38. The van der Waals surface area contributed by atoms with Crippen molar-refractivity contribution in [2.24, 2.45) is 5.92 Å². The quantitative estimate of drug-likeness (QED) is 0.150. The minimum absolute atomic E-state index is 0.0846. The van der Waals surface area contributed by atoms with Crippen molar-refractivity contribution in [1.82, 2.24) is 5.32 Å². The van der Waals surface area contributed by atoms with Crippen LogP contribution < -0.4 is 5.32 Å². The van der Waals surface area contributed by atoms with E-state index in [9.17, 15) is 9.59 Å². The smallest absolute Gasteiger partial charge is 0.303 e. The maximum absolute atomic E-state index is 11.8. The molecule has 0 saturated heterocycles. The molecule has 166 valence electrons. The number of amides is 1. The predicted molar refractivity (Wildman–Crippen MR) is 122 cm³/mol. The van der Waals surface area contributed by atoms with E-state index in [0.29, 0.717) is 6.42 Å². The Labute approximate surface area is 179 Å². The zero-order valence-electron chi connectivity index (χ0n) is 18.2. The number of carbonyl (C=O) groups excluding carboxylic acids is 1. The second-order valence-corrected chi connectivity index (χ2v) is 8.60. The second kappa shape index (κ2) is 21.0. The average molecular weight is 416 g/mol. The molecule has 0 aromatic rings. The lowest BCUT2D eigenvalue weighted by Crippen LogP contribution is -2.30. The molecule has 1 amide bonds. The molecular formula is C23H45NO3S. The van der Waals surface area contributed by atoms with E-state index in [0.717, 1.165) is 38.0 Å². The molecule has 0 heterocycles. The number of hydrogen-bond donors (Lipinski definition) is 3. The summed E-state index contributed by atoms with van der Waals surface area (Å²) >= 11 is 4.17. The van der Waals surface area contributed by atoms with E-state index in [-0.39, 0.29) is 11.8 Å². The van der Waals surface area contributed by atoms with Crippen molar-refractivity contribution in [3.8, 4) is 0 Å². The van der Waals surface area contributed by atoms with Crippen LogP contribution in [-0.2, 0) is 9.59 Å². The van der Waals surface area contributed by atoms with Gasteiger partial charge < -0.3 is 10.4 Å². The first-order valence-corrected chi connectivity index (χ1v) is 12.3. The summed E-state index contributed by atoms with van der Waals surface area (Å²) in [6.07, 6.45) is 19.8. The molecule has 1 atom stereocenters. The van der Waals surface area contributed by atoms with Gasteiger partial charge in [-0.15, -0.1) is 0 Å². The lowest BCUT2D eigenvalue weighted by molar-refractivity contribution is -0.137. The Balaban J connectivity index is 3.14. The maximum atomic E-state index is 11.8. The van der Waals surface area contributed by atoms with E-state index in [1.165, 1.54) is 77.0 Å². The van der Waals surface area contributed by atoms with Gasteiger partial charge in [-0.2, -0.15) is 12.6 Å². The normalized spacial score (nSPS) is 12.1. The number of carboxylic acid groups (broad SMARTS) is 1. The fraction of sp³-hybridized carbons (Fsp3) is 0.913. The minimum atomic E-state index is -0.668. The lowest BCUT2D eigenvalue weighted by atomic mass is 10.0. The van der Waals surface area contributed by atoms with Gasteiger partial charge in [0.05, 0.1) is 0 Å². The number of hydrogen-bond acceptors (Lipinski definition) is 3. The summed E-state index contributed by atoms with van der Waals surface area (Å²) in [5, 5.41) is 11.6. The number of rotatable bonds is 21. The van der Waals surface area contributed by atoms with Crippen LogP contribution in [0.15, 0.2) is 0 Å². The van der Waals surface area contributed by atoms with Crippen LogP contribution in [-0.4, -0.2) is 29.3 Å². The molecule has 0 saturated carbocycles. The highest BCUT2D eigenvalue weighted by Crippen LogP contribution is 2.13. The van der Waals surface area contributed by atoms with Gasteiger partial charge in [0.15, 0.2) is 0 Å². The van der Waals surface area contributed by atoms with Gasteiger partial charge in [-0.25, -0.2) is 0 Å². The predicted octanol–water partition coefficient (Wildman–Crippen LogP) is 6.38. The highest BCUT2D eigenvalue weighted by atomic mass is 32.1. The molecule has 0 rings (SSSR count). The third-order valence-corrected chi connectivity index (χ3v) is 5.63. The van der Waals surface area contributed by atoms with Crippen LogP contribution in [0.5, 0.6) is 0 Å². The van der Waals surface area contributed by atoms with Gasteiger partial charge in [-0.3, -0.25) is 9.59 Å². The monoisotopic (exact) mass is 415 g/mol. The zero-order valence-corrected chi connectivity index (χ0v) is 19.1. The molecule has 0 aliphatic carbocycles. The largest absolute Gasteiger partial charge is 0.481 e. The Morgan fingerprint density at radius 3 is 1.54 bits per heavy atom. The maximum Gasteiger partial charge on any atom is 0.303 e. The van der Waals surface area contributed by atoms with E-state index >= 15 is 0 Å². The Morgan fingerprint density at radius 2 is 1.14 bits per heavy atom. The van der Waals surface area contributed by atoms with Gasteiger partial charge in [-0.1, -0.05) is 90.4 Å². The van der Waals surface area contributed by atoms with Crippen molar-refractivity contribution in [3.05, 3.63) is 0 Å². The molecule has 0 aliphatic rings. The van der Waals surface area contributed by atoms with Crippen LogP contribution in [0, 0.1) is 5.92 Å². The first-order valence-electron chi connectivity index (χ1n) is 11.7. The lowest BCUT2D eigenvalue weighted by Gasteiger charge is -2.10. The van der Waals surface area contributed by atoms with E-state index in [2.05, 4.69) is 17.9 Å². The first kappa shape index (κ1) is 27.3. The van der Waals surface area contributed by atoms with E-state index in [4.69, 9.17) is 5.11 Å². The molecule has 0 spiro atoms. The molecular weight excluding hydrogens is 370 g/mol. The molecule has 28 heavy (non-hydrogen) atoms. The number of unbranched alkanes of at least 4 members (excludes halogenated alkanes) is 14. The molecule has 0 bridgehead atoms. The summed E-state index contributed by atoms with van der Waals surface area (Å²) in [5.74, 6) is 0.359. The molecule has 0 fully saturated rings. The molecule has 2 N–H and O–H groups in total. The summed E-state index contributed by atoms with van der Waals surface area (Å²) in [6, 6.07) is 0. The van der Waals surface area contributed by atoms with Gasteiger partial charge in [-0.05, 0) is 25.0 Å². The van der Waals surface area contributed by atoms with Crippen LogP contribution in [0.25, 0.3) is 0 Å². The average Bonchev–Trinajstić information content (AvgIpc) is 2.66. The summed E-state index contributed by atoms with van der Waals surface area (Å²) in [7, 11) is 0. The molecule has 5 heteroatoms.